The van der Waals surface area contributed by atoms with Crippen molar-refractivity contribution in [3.63, 3.8) is 0 Å². The summed E-state index contributed by atoms with van der Waals surface area (Å²) in [5.41, 5.74) is -0.410. The van der Waals surface area contributed by atoms with Crippen LogP contribution < -0.4 is 5.32 Å². The lowest BCUT2D eigenvalue weighted by Gasteiger charge is -2.29. The molecule has 2 atom stereocenters. The van der Waals surface area contributed by atoms with Crippen LogP contribution in [0, 0.1) is 0 Å². The fourth-order valence-corrected chi connectivity index (χ4v) is 4.54. The fraction of sp³-hybridized carbons (Fsp3) is 0.923. The molecule has 6 heteroatoms. The lowest BCUT2D eigenvalue weighted by Crippen LogP contribution is -2.46. The number of amides is 1. The first-order valence-electron chi connectivity index (χ1n) is 7.07. The number of carbonyl (C=O) groups is 1. The van der Waals surface area contributed by atoms with E-state index in [1.807, 2.05) is 13.8 Å². The average molecular weight is 288 g/mol. The van der Waals surface area contributed by atoms with Gasteiger partial charge in [-0.1, -0.05) is 19.8 Å². The molecule has 1 N–H and O–H groups in total. The number of hydrogen-bond donors (Lipinski definition) is 1. The molecule has 19 heavy (non-hydrogen) atoms. The number of rotatable bonds is 4. The van der Waals surface area contributed by atoms with Gasteiger partial charge in [0, 0.05) is 12.3 Å². The molecule has 0 radical (unpaired) electrons. The minimum Gasteiger partial charge on any atom is -0.322 e. The maximum atomic E-state index is 12.7. The lowest BCUT2D eigenvalue weighted by molar-refractivity contribution is -0.134. The molecule has 2 aliphatic rings. The summed E-state index contributed by atoms with van der Waals surface area (Å²) in [5.74, 6) is 0.139. The van der Waals surface area contributed by atoms with Crippen LogP contribution in [0.1, 0.15) is 46.0 Å². The van der Waals surface area contributed by atoms with Crippen molar-refractivity contribution >= 4 is 15.7 Å². The average Bonchev–Trinajstić information content (AvgIpc) is 2.84. The Morgan fingerprint density at radius 2 is 2.00 bits per heavy atom. The van der Waals surface area contributed by atoms with Crippen molar-refractivity contribution in [3.05, 3.63) is 0 Å². The highest BCUT2D eigenvalue weighted by molar-refractivity contribution is 7.90. The number of sulfone groups is 1. The normalized spacial score (nSPS) is 28.3. The van der Waals surface area contributed by atoms with E-state index in [0.29, 0.717) is 0 Å². The van der Waals surface area contributed by atoms with Gasteiger partial charge in [0.1, 0.15) is 9.84 Å². The van der Waals surface area contributed by atoms with Gasteiger partial charge >= 0.3 is 0 Å². The van der Waals surface area contributed by atoms with Crippen molar-refractivity contribution in [2.75, 3.05) is 12.0 Å². The van der Waals surface area contributed by atoms with E-state index in [1.165, 1.54) is 6.26 Å². The van der Waals surface area contributed by atoms with Crippen molar-refractivity contribution in [2.24, 2.45) is 0 Å². The third kappa shape index (κ3) is 2.79. The highest BCUT2D eigenvalue weighted by Gasteiger charge is 2.52. The van der Waals surface area contributed by atoms with Gasteiger partial charge in [0.25, 0.3) is 0 Å². The highest BCUT2D eigenvalue weighted by Crippen LogP contribution is 2.37. The summed E-state index contributed by atoms with van der Waals surface area (Å²) in [4.78, 5) is 14.5. The highest BCUT2D eigenvalue weighted by atomic mass is 32.2. The minimum absolute atomic E-state index is 0.0256. The summed E-state index contributed by atoms with van der Waals surface area (Å²) >= 11 is 0. The maximum absolute atomic E-state index is 12.7. The van der Waals surface area contributed by atoms with Gasteiger partial charge in [-0.3, -0.25) is 10.1 Å². The Kier molecular flexibility index (Phi) is 3.93. The first-order valence-corrected chi connectivity index (χ1v) is 9.13. The van der Waals surface area contributed by atoms with E-state index in [0.717, 1.165) is 32.1 Å². The molecule has 110 valence electrons. The standard InChI is InChI=1S/C13H24N2O3S/c1-4-11-14-13(7-5-6-8-13)12(16)15(11)10(2)9-19(3,17)18/h10-11,14H,4-9H2,1-3H3. The predicted molar refractivity (Wildman–Crippen MR) is 74.4 cm³/mol. The molecule has 1 aliphatic carbocycles. The molecule has 2 fully saturated rings. The quantitative estimate of drug-likeness (QED) is 0.834. The molecule has 1 saturated heterocycles. The molecule has 1 amide bonds. The molecule has 5 nitrogen and oxygen atoms in total. The van der Waals surface area contributed by atoms with Crippen LogP contribution in [0.25, 0.3) is 0 Å². The van der Waals surface area contributed by atoms with E-state index < -0.39 is 15.4 Å². The molecule has 1 saturated carbocycles. The molecule has 1 spiro atoms. The first-order chi connectivity index (χ1) is 8.79. The van der Waals surface area contributed by atoms with Gasteiger partial charge in [-0.25, -0.2) is 8.42 Å². The number of hydrogen-bond acceptors (Lipinski definition) is 4. The van der Waals surface area contributed by atoms with Crippen molar-refractivity contribution in [3.8, 4) is 0 Å². The number of carbonyl (C=O) groups excluding carboxylic acids is 1. The van der Waals surface area contributed by atoms with E-state index in [1.54, 1.807) is 4.90 Å². The SMILES string of the molecule is CCC1NC2(CCCC2)C(=O)N1C(C)CS(C)(=O)=O. The Morgan fingerprint density at radius 1 is 1.42 bits per heavy atom. The Hall–Kier alpha value is -0.620. The Bertz CT molecular complexity index is 455. The molecule has 1 aliphatic heterocycles. The smallest absolute Gasteiger partial charge is 0.244 e. The third-order valence-electron chi connectivity index (χ3n) is 4.29. The van der Waals surface area contributed by atoms with Crippen LogP contribution in [0.5, 0.6) is 0 Å². The molecule has 2 unspecified atom stereocenters. The van der Waals surface area contributed by atoms with Crippen LogP contribution in [-0.4, -0.2) is 49.0 Å². The van der Waals surface area contributed by atoms with Crippen LogP contribution >= 0.6 is 0 Å². The maximum Gasteiger partial charge on any atom is 0.244 e. The fourth-order valence-electron chi connectivity index (χ4n) is 3.50. The summed E-state index contributed by atoms with van der Waals surface area (Å²) in [5, 5.41) is 3.46. The van der Waals surface area contributed by atoms with E-state index in [2.05, 4.69) is 5.32 Å². The van der Waals surface area contributed by atoms with Crippen LogP contribution in [-0.2, 0) is 14.6 Å². The van der Waals surface area contributed by atoms with Gasteiger partial charge < -0.3 is 4.90 Å². The van der Waals surface area contributed by atoms with Crippen molar-refractivity contribution in [1.82, 2.24) is 10.2 Å². The summed E-state index contributed by atoms with van der Waals surface area (Å²) in [7, 11) is -3.07. The molecule has 0 aromatic carbocycles. The van der Waals surface area contributed by atoms with Crippen LogP contribution in [0.3, 0.4) is 0 Å². The second-order valence-electron chi connectivity index (χ2n) is 6.01. The first kappa shape index (κ1) is 14.8. The van der Waals surface area contributed by atoms with E-state index in [-0.39, 0.29) is 23.9 Å². The summed E-state index contributed by atoms with van der Waals surface area (Å²) in [6.07, 6.45) is 5.91. The molecule has 0 aromatic rings. The van der Waals surface area contributed by atoms with Crippen LogP contribution in [0.2, 0.25) is 0 Å². The lowest BCUT2D eigenvalue weighted by atomic mass is 9.98. The van der Waals surface area contributed by atoms with Gasteiger partial charge in [0.05, 0.1) is 17.5 Å². The molecule has 2 rings (SSSR count). The van der Waals surface area contributed by atoms with E-state index >= 15 is 0 Å². The summed E-state index contributed by atoms with van der Waals surface area (Å²) in [6, 6.07) is -0.264. The molecule has 0 bridgehead atoms. The monoisotopic (exact) mass is 288 g/mol. The van der Waals surface area contributed by atoms with Gasteiger partial charge in [0.2, 0.25) is 5.91 Å². The zero-order valence-electron chi connectivity index (χ0n) is 12.0. The second kappa shape index (κ2) is 5.05. The van der Waals surface area contributed by atoms with Gasteiger partial charge in [0.15, 0.2) is 0 Å². The summed E-state index contributed by atoms with van der Waals surface area (Å²) in [6.45, 7) is 3.86. The second-order valence-corrected chi connectivity index (χ2v) is 8.20. The van der Waals surface area contributed by atoms with Gasteiger partial charge in [-0.05, 0) is 26.2 Å². The van der Waals surface area contributed by atoms with E-state index in [9.17, 15) is 13.2 Å². The minimum atomic E-state index is -3.07. The third-order valence-corrected chi connectivity index (χ3v) is 5.37. The molecular formula is C13H24N2O3S. The summed E-state index contributed by atoms with van der Waals surface area (Å²) < 4.78 is 22.9. The van der Waals surface area contributed by atoms with Crippen molar-refractivity contribution < 1.29 is 13.2 Å². The zero-order chi connectivity index (χ0) is 14.3. The molecule has 0 aromatic heterocycles. The molecule has 1 heterocycles. The zero-order valence-corrected chi connectivity index (χ0v) is 12.8. The topological polar surface area (TPSA) is 66.5 Å². The van der Waals surface area contributed by atoms with Crippen LogP contribution in [0.15, 0.2) is 0 Å². The predicted octanol–water partition coefficient (Wildman–Crippen LogP) is 0.900. The van der Waals surface area contributed by atoms with Crippen molar-refractivity contribution in [1.29, 1.82) is 0 Å². The van der Waals surface area contributed by atoms with E-state index in [4.69, 9.17) is 0 Å². The number of nitrogens with one attached hydrogen (secondary N) is 1. The van der Waals surface area contributed by atoms with Crippen molar-refractivity contribution in [2.45, 2.75) is 63.7 Å². The van der Waals surface area contributed by atoms with Crippen LogP contribution in [0.4, 0.5) is 0 Å². The Labute approximate surface area is 115 Å². The largest absolute Gasteiger partial charge is 0.322 e. The molecular weight excluding hydrogens is 264 g/mol. The Balaban J connectivity index is 2.21. The Morgan fingerprint density at radius 3 is 2.47 bits per heavy atom. The van der Waals surface area contributed by atoms with Gasteiger partial charge in [-0.15, -0.1) is 0 Å². The van der Waals surface area contributed by atoms with Gasteiger partial charge in [-0.2, -0.15) is 0 Å². The number of nitrogens with zero attached hydrogens (tertiary/aromatic N) is 1.